The van der Waals surface area contributed by atoms with Crippen molar-refractivity contribution >= 4 is 0 Å². The quantitative estimate of drug-likeness (QED) is 0.551. The first kappa shape index (κ1) is 9.44. The van der Waals surface area contributed by atoms with Crippen LogP contribution in [-0.2, 0) is 0 Å². The highest BCUT2D eigenvalue weighted by atomic mass is 16.3. The second-order valence-corrected chi connectivity index (χ2v) is 4.60. The molecule has 2 rings (SSSR count). The Morgan fingerprint density at radius 1 is 1.38 bits per heavy atom. The van der Waals surface area contributed by atoms with Crippen LogP contribution in [0.2, 0.25) is 0 Å². The summed E-state index contributed by atoms with van der Waals surface area (Å²) >= 11 is 0. The fourth-order valence-corrected chi connectivity index (χ4v) is 2.14. The van der Waals surface area contributed by atoms with Gasteiger partial charge in [0, 0.05) is 13.1 Å². The van der Waals surface area contributed by atoms with Crippen molar-refractivity contribution in [1.29, 1.82) is 0 Å². The summed E-state index contributed by atoms with van der Waals surface area (Å²) in [7, 11) is 0. The Bertz CT molecular complexity index is 176. The molecule has 1 unspecified atom stereocenters. The van der Waals surface area contributed by atoms with Gasteiger partial charge in [0.05, 0.1) is 12.7 Å². The average Bonchev–Trinajstić information content (AvgIpc) is 2.96. The summed E-state index contributed by atoms with van der Waals surface area (Å²) in [6, 6.07) is 0. The van der Waals surface area contributed by atoms with E-state index in [4.69, 9.17) is 10.2 Å². The van der Waals surface area contributed by atoms with Crippen molar-refractivity contribution in [2.24, 2.45) is 11.3 Å². The molecule has 0 aromatic heterocycles. The Balaban J connectivity index is 1.62. The summed E-state index contributed by atoms with van der Waals surface area (Å²) < 4.78 is 0. The standard InChI is InChI=1S/C10H19NO2/c12-6-9(13)5-11-7-10(3-4-10)8-1-2-8/h8-9,11-13H,1-7H2. The lowest BCUT2D eigenvalue weighted by molar-refractivity contribution is 0.0929. The normalized spacial score (nSPS) is 27.2. The zero-order valence-corrected chi connectivity index (χ0v) is 8.00. The van der Waals surface area contributed by atoms with Gasteiger partial charge in [-0.3, -0.25) is 0 Å². The number of hydrogen-bond donors (Lipinski definition) is 3. The minimum Gasteiger partial charge on any atom is -0.394 e. The van der Waals surface area contributed by atoms with E-state index in [1.807, 2.05) is 0 Å². The molecule has 0 bridgehead atoms. The van der Waals surface area contributed by atoms with Gasteiger partial charge in [0.2, 0.25) is 0 Å². The molecule has 13 heavy (non-hydrogen) atoms. The van der Waals surface area contributed by atoms with Crippen molar-refractivity contribution in [3.05, 3.63) is 0 Å². The number of aliphatic hydroxyl groups excluding tert-OH is 2. The Kier molecular flexibility index (Phi) is 2.58. The van der Waals surface area contributed by atoms with Gasteiger partial charge in [0.25, 0.3) is 0 Å². The van der Waals surface area contributed by atoms with Crippen LogP contribution in [0.15, 0.2) is 0 Å². The Morgan fingerprint density at radius 2 is 2.08 bits per heavy atom. The summed E-state index contributed by atoms with van der Waals surface area (Å²) in [5.41, 5.74) is 0.592. The molecule has 76 valence electrons. The average molecular weight is 185 g/mol. The van der Waals surface area contributed by atoms with Gasteiger partial charge in [-0.05, 0) is 37.0 Å². The van der Waals surface area contributed by atoms with E-state index >= 15 is 0 Å². The van der Waals surface area contributed by atoms with Gasteiger partial charge in [-0.2, -0.15) is 0 Å². The molecule has 2 saturated carbocycles. The van der Waals surface area contributed by atoms with Gasteiger partial charge in [-0.1, -0.05) is 0 Å². The van der Waals surface area contributed by atoms with E-state index in [1.165, 1.54) is 25.7 Å². The van der Waals surface area contributed by atoms with E-state index in [2.05, 4.69) is 5.32 Å². The Labute approximate surface area is 79.2 Å². The molecule has 0 radical (unpaired) electrons. The smallest absolute Gasteiger partial charge is 0.0894 e. The van der Waals surface area contributed by atoms with E-state index in [9.17, 15) is 0 Å². The maximum atomic E-state index is 9.12. The summed E-state index contributed by atoms with van der Waals surface area (Å²) in [5.74, 6) is 0.964. The largest absolute Gasteiger partial charge is 0.394 e. The molecule has 0 heterocycles. The minimum atomic E-state index is -0.588. The molecule has 0 spiro atoms. The van der Waals surface area contributed by atoms with Crippen LogP contribution < -0.4 is 5.32 Å². The zero-order chi connectivity index (χ0) is 9.31. The third kappa shape index (κ3) is 2.22. The van der Waals surface area contributed by atoms with Crippen molar-refractivity contribution in [2.75, 3.05) is 19.7 Å². The van der Waals surface area contributed by atoms with Gasteiger partial charge in [0.15, 0.2) is 0 Å². The van der Waals surface area contributed by atoms with Gasteiger partial charge in [-0.15, -0.1) is 0 Å². The van der Waals surface area contributed by atoms with E-state index in [0.717, 1.165) is 12.5 Å². The van der Waals surface area contributed by atoms with Crippen LogP contribution in [0.1, 0.15) is 25.7 Å². The third-order valence-corrected chi connectivity index (χ3v) is 3.40. The van der Waals surface area contributed by atoms with Gasteiger partial charge < -0.3 is 15.5 Å². The van der Waals surface area contributed by atoms with Crippen LogP contribution in [0.3, 0.4) is 0 Å². The highest BCUT2D eigenvalue weighted by molar-refractivity contribution is 5.05. The highest BCUT2D eigenvalue weighted by Gasteiger charge is 2.53. The lowest BCUT2D eigenvalue weighted by atomic mass is 10.0. The number of nitrogens with one attached hydrogen (secondary N) is 1. The van der Waals surface area contributed by atoms with E-state index in [0.29, 0.717) is 12.0 Å². The molecular weight excluding hydrogens is 166 g/mol. The SMILES string of the molecule is OCC(O)CNCC1(C2CC2)CC1. The molecule has 3 nitrogen and oxygen atoms in total. The van der Waals surface area contributed by atoms with E-state index < -0.39 is 6.10 Å². The number of aliphatic hydroxyl groups is 2. The maximum absolute atomic E-state index is 9.12. The molecule has 0 aromatic carbocycles. The van der Waals surface area contributed by atoms with Gasteiger partial charge in [-0.25, -0.2) is 0 Å². The molecule has 0 aromatic rings. The second kappa shape index (κ2) is 3.56. The Morgan fingerprint density at radius 3 is 2.54 bits per heavy atom. The summed E-state index contributed by atoms with van der Waals surface area (Å²) in [4.78, 5) is 0. The predicted molar refractivity (Wildman–Crippen MR) is 50.4 cm³/mol. The first-order valence-electron chi connectivity index (χ1n) is 5.26. The lowest BCUT2D eigenvalue weighted by Crippen LogP contribution is -2.34. The fraction of sp³-hybridized carbons (Fsp3) is 1.00. The topological polar surface area (TPSA) is 52.5 Å². The molecule has 1 atom stereocenters. The van der Waals surface area contributed by atoms with Crippen molar-refractivity contribution in [3.63, 3.8) is 0 Å². The van der Waals surface area contributed by atoms with Crippen molar-refractivity contribution in [2.45, 2.75) is 31.8 Å². The van der Waals surface area contributed by atoms with Crippen molar-refractivity contribution in [3.8, 4) is 0 Å². The van der Waals surface area contributed by atoms with E-state index in [-0.39, 0.29) is 6.61 Å². The minimum absolute atomic E-state index is 0.135. The lowest BCUT2D eigenvalue weighted by Gasteiger charge is -2.16. The fourth-order valence-electron chi connectivity index (χ4n) is 2.14. The monoisotopic (exact) mass is 185 g/mol. The Hall–Kier alpha value is -0.120. The van der Waals surface area contributed by atoms with Crippen LogP contribution in [0, 0.1) is 11.3 Å². The third-order valence-electron chi connectivity index (χ3n) is 3.40. The molecule has 0 saturated heterocycles. The van der Waals surface area contributed by atoms with Crippen LogP contribution in [0.25, 0.3) is 0 Å². The van der Waals surface area contributed by atoms with Crippen LogP contribution in [-0.4, -0.2) is 36.0 Å². The molecular formula is C10H19NO2. The highest BCUT2D eigenvalue weighted by Crippen LogP contribution is 2.60. The molecule has 2 fully saturated rings. The maximum Gasteiger partial charge on any atom is 0.0894 e. The second-order valence-electron chi connectivity index (χ2n) is 4.60. The van der Waals surface area contributed by atoms with Crippen molar-refractivity contribution in [1.82, 2.24) is 5.32 Å². The summed E-state index contributed by atoms with van der Waals surface area (Å²) in [6.45, 7) is 1.43. The molecule has 0 aliphatic heterocycles. The van der Waals surface area contributed by atoms with Crippen molar-refractivity contribution < 1.29 is 10.2 Å². The number of hydrogen-bond acceptors (Lipinski definition) is 3. The molecule has 2 aliphatic rings. The molecule has 2 aliphatic carbocycles. The van der Waals surface area contributed by atoms with Gasteiger partial charge >= 0.3 is 0 Å². The molecule has 3 N–H and O–H groups in total. The van der Waals surface area contributed by atoms with Crippen LogP contribution in [0.4, 0.5) is 0 Å². The predicted octanol–water partition coefficient (Wildman–Crippen LogP) is 0.119. The first-order valence-corrected chi connectivity index (χ1v) is 5.26. The summed E-state index contributed by atoms with van der Waals surface area (Å²) in [5, 5.41) is 21.0. The number of rotatable bonds is 6. The molecule has 0 amide bonds. The van der Waals surface area contributed by atoms with Gasteiger partial charge in [0.1, 0.15) is 0 Å². The van der Waals surface area contributed by atoms with Crippen LogP contribution in [0.5, 0.6) is 0 Å². The molecule has 3 heteroatoms. The first-order chi connectivity index (χ1) is 6.27. The van der Waals surface area contributed by atoms with Crippen LogP contribution >= 0.6 is 0 Å². The zero-order valence-electron chi connectivity index (χ0n) is 8.00. The summed E-state index contributed by atoms with van der Waals surface area (Å²) in [6.07, 6.45) is 4.95. The van der Waals surface area contributed by atoms with E-state index in [1.54, 1.807) is 0 Å².